The molecule has 108 valence electrons. The van der Waals surface area contributed by atoms with Crippen LogP contribution in [-0.4, -0.2) is 50.2 Å². The molecule has 0 aromatic carbocycles. The predicted molar refractivity (Wildman–Crippen MR) is 78.1 cm³/mol. The van der Waals surface area contributed by atoms with E-state index in [-0.39, 0.29) is 18.6 Å². The number of carbonyl (C=O) groups excluding carboxylic acids is 1. The lowest BCUT2D eigenvalue weighted by Gasteiger charge is -2.29. The molecule has 0 aliphatic carbocycles. The number of methoxy groups -OCH3 is 1. The van der Waals surface area contributed by atoms with Gasteiger partial charge in [-0.25, -0.2) is 0 Å². The summed E-state index contributed by atoms with van der Waals surface area (Å²) in [4.78, 5) is 14.0. The first-order valence-corrected chi connectivity index (χ1v) is 7.02. The first-order chi connectivity index (χ1) is 9.21. The number of amides is 1. The number of allylic oxidation sites excluding steroid dienone is 1. The molecule has 1 rings (SSSR count). The summed E-state index contributed by atoms with van der Waals surface area (Å²) >= 11 is 0. The van der Waals surface area contributed by atoms with Gasteiger partial charge < -0.3 is 10.1 Å². The maximum atomic E-state index is 11.6. The van der Waals surface area contributed by atoms with Crippen molar-refractivity contribution >= 4 is 5.91 Å². The highest BCUT2D eigenvalue weighted by Gasteiger charge is 2.18. The van der Waals surface area contributed by atoms with E-state index < -0.39 is 0 Å². The fourth-order valence-corrected chi connectivity index (χ4v) is 2.29. The molecule has 1 unspecified atom stereocenters. The highest BCUT2D eigenvalue weighted by atomic mass is 16.5. The molecule has 1 aliphatic heterocycles. The van der Waals surface area contributed by atoms with Crippen molar-refractivity contribution < 1.29 is 9.53 Å². The molecule has 0 aromatic rings. The molecule has 0 bridgehead atoms. The van der Waals surface area contributed by atoms with E-state index in [2.05, 4.69) is 35.4 Å². The van der Waals surface area contributed by atoms with E-state index in [1.165, 1.54) is 5.57 Å². The molecule has 1 amide bonds. The van der Waals surface area contributed by atoms with Gasteiger partial charge in [-0.1, -0.05) is 25.2 Å². The van der Waals surface area contributed by atoms with E-state index in [1.54, 1.807) is 7.11 Å². The van der Waals surface area contributed by atoms with Crippen molar-refractivity contribution in [3.05, 3.63) is 23.8 Å². The van der Waals surface area contributed by atoms with Crippen LogP contribution < -0.4 is 5.32 Å². The van der Waals surface area contributed by atoms with Gasteiger partial charge in [0.05, 0.1) is 0 Å². The van der Waals surface area contributed by atoms with Crippen molar-refractivity contribution in [1.29, 1.82) is 0 Å². The number of nitrogens with zero attached hydrogens (tertiary/aromatic N) is 1. The SMILES string of the molecule is C/C=C/CN1CC=C(C(CC)NC(=O)COC)CC1. The minimum atomic E-state index is -0.0356. The molecule has 1 heterocycles. The van der Waals surface area contributed by atoms with E-state index in [9.17, 15) is 4.79 Å². The highest BCUT2D eigenvalue weighted by molar-refractivity contribution is 5.77. The van der Waals surface area contributed by atoms with E-state index in [4.69, 9.17) is 4.74 Å². The molecule has 0 saturated heterocycles. The van der Waals surface area contributed by atoms with Crippen LogP contribution >= 0.6 is 0 Å². The van der Waals surface area contributed by atoms with Gasteiger partial charge in [0.15, 0.2) is 0 Å². The second-order valence-electron chi connectivity index (χ2n) is 4.82. The van der Waals surface area contributed by atoms with Crippen molar-refractivity contribution in [3.63, 3.8) is 0 Å². The topological polar surface area (TPSA) is 41.6 Å². The van der Waals surface area contributed by atoms with Gasteiger partial charge in [0.1, 0.15) is 6.61 Å². The van der Waals surface area contributed by atoms with Crippen LogP contribution in [0.25, 0.3) is 0 Å². The smallest absolute Gasteiger partial charge is 0.246 e. The lowest BCUT2D eigenvalue weighted by Crippen LogP contribution is -2.40. The molecular formula is C15H26N2O2. The maximum absolute atomic E-state index is 11.6. The molecule has 19 heavy (non-hydrogen) atoms. The molecule has 0 saturated carbocycles. The third-order valence-corrected chi connectivity index (χ3v) is 3.39. The van der Waals surface area contributed by atoms with Crippen molar-refractivity contribution in [2.24, 2.45) is 0 Å². The Morgan fingerprint density at radius 2 is 2.42 bits per heavy atom. The molecule has 4 heteroatoms. The fraction of sp³-hybridized carbons (Fsp3) is 0.667. The lowest BCUT2D eigenvalue weighted by molar-refractivity contribution is -0.125. The van der Waals surface area contributed by atoms with Gasteiger partial charge >= 0.3 is 0 Å². The number of hydrogen-bond acceptors (Lipinski definition) is 3. The summed E-state index contributed by atoms with van der Waals surface area (Å²) in [7, 11) is 1.54. The summed E-state index contributed by atoms with van der Waals surface area (Å²) in [6.07, 6.45) is 8.48. The van der Waals surface area contributed by atoms with Crippen LogP contribution in [-0.2, 0) is 9.53 Å². The first-order valence-electron chi connectivity index (χ1n) is 7.02. The summed E-state index contributed by atoms with van der Waals surface area (Å²) in [5.41, 5.74) is 1.35. The largest absolute Gasteiger partial charge is 0.375 e. The molecule has 1 N–H and O–H groups in total. The van der Waals surface area contributed by atoms with Crippen molar-refractivity contribution in [1.82, 2.24) is 10.2 Å². The van der Waals surface area contributed by atoms with Gasteiger partial charge in [-0.3, -0.25) is 9.69 Å². The van der Waals surface area contributed by atoms with Crippen LogP contribution in [0.2, 0.25) is 0 Å². The van der Waals surface area contributed by atoms with Crippen LogP contribution in [0.4, 0.5) is 0 Å². The number of hydrogen-bond donors (Lipinski definition) is 1. The monoisotopic (exact) mass is 266 g/mol. The van der Waals surface area contributed by atoms with Crippen LogP contribution in [0, 0.1) is 0 Å². The number of nitrogens with one attached hydrogen (secondary N) is 1. The summed E-state index contributed by atoms with van der Waals surface area (Å²) in [6.45, 7) is 7.32. The van der Waals surface area contributed by atoms with Gasteiger partial charge in [0.25, 0.3) is 0 Å². The predicted octanol–water partition coefficient (Wildman–Crippen LogP) is 1.74. The number of carbonyl (C=O) groups is 1. The van der Waals surface area contributed by atoms with E-state index >= 15 is 0 Å². The zero-order valence-corrected chi connectivity index (χ0v) is 12.3. The minimum Gasteiger partial charge on any atom is -0.375 e. The van der Waals surface area contributed by atoms with Crippen molar-refractivity contribution in [2.75, 3.05) is 33.4 Å². The van der Waals surface area contributed by atoms with Crippen molar-refractivity contribution in [3.8, 4) is 0 Å². The average Bonchev–Trinajstić information content (AvgIpc) is 2.43. The van der Waals surface area contributed by atoms with Gasteiger partial charge in [-0.15, -0.1) is 0 Å². The second-order valence-corrected chi connectivity index (χ2v) is 4.82. The fourth-order valence-electron chi connectivity index (χ4n) is 2.29. The lowest BCUT2D eigenvalue weighted by atomic mass is 9.98. The van der Waals surface area contributed by atoms with Gasteiger partial charge in [-0.2, -0.15) is 0 Å². The highest BCUT2D eigenvalue weighted by Crippen LogP contribution is 2.16. The van der Waals surface area contributed by atoms with E-state index in [1.807, 2.05) is 6.92 Å². The third-order valence-electron chi connectivity index (χ3n) is 3.39. The summed E-state index contributed by atoms with van der Waals surface area (Å²) < 4.78 is 4.85. The van der Waals surface area contributed by atoms with Crippen LogP contribution in [0.3, 0.4) is 0 Å². The Labute approximate surface area is 116 Å². The molecule has 0 radical (unpaired) electrons. The van der Waals surface area contributed by atoms with Crippen molar-refractivity contribution in [2.45, 2.75) is 32.7 Å². The first kappa shape index (κ1) is 15.9. The Bertz CT molecular complexity index is 337. The molecule has 0 fully saturated rings. The molecule has 1 atom stereocenters. The summed E-state index contributed by atoms with van der Waals surface area (Å²) in [5.74, 6) is -0.0356. The van der Waals surface area contributed by atoms with Gasteiger partial charge in [0.2, 0.25) is 5.91 Å². The maximum Gasteiger partial charge on any atom is 0.246 e. The average molecular weight is 266 g/mol. The van der Waals surface area contributed by atoms with Crippen LogP contribution in [0.15, 0.2) is 23.8 Å². The normalized spacial score (nSPS) is 18.4. The van der Waals surface area contributed by atoms with E-state index in [0.29, 0.717) is 0 Å². The quantitative estimate of drug-likeness (QED) is 0.714. The summed E-state index contributed by atoms with van der Waals surface area (Å²) in [6, 6.07) is 0.159. The Balaban J connectivity index is 2.49. The molecular weight excluding hydrogens is 240 g/mol. The Hall–Kier alpha value is -1.13. The molecule has 0 aromatic heterocycles. The van der Waals surface area contributed by atoms with Gasteiger partial charge in [0, 0.05) is 32.8 Å². The van der Waals surface area contributed by atoms with Gasteiger partial charge in [-0.05, 0) is 25.3 Å². The zero-order valence-electron chi connectivity index (χ0n) is 12.3. The zero-order chi connectivity index (χ0) is 14.1. The standard InChI is InChI=1S/C15H26N2O2/c1-4-6-9-17-10-7-13(8-11-17)14(5-2)16-15(18)12-19-3/h4,6-7,14H,5,8-12H2,1-3H3,(H,16,18)/b6-4+. The minimum absolute atomic E-state index is 0.0356. The van der Waals surface area contributed by atoms with E-state index in [0.717, 1.165) is 32.5 Å². The molecule has 4 nitrogen and oxygen atoms in total. The summed E-state index contributed by atoms with van der Waals surface area (Å²) in [5, 5.41) is 3.03. The number of ether oxygens (including phenoxy) is 1. The third kappa shape index (κ3) is 5.57. The van der Waals surface area contributed by atoms with Crippen LogP contribution in [0.1, 0.15) is 26.7 Å². The second kappa shape index (κ2) is 8.88. The Morgan fingerprint density at radius 3 is 2.95 bits per heavy atom. The Kier molecular flexibility index (Phi) is 7.45. The Morgan fingerprint density at radius 1 is 1.63 bits per heavy atom. The molecule has 1 aliphatic rings. The number of rotatable bonds is 7. The molecule has 0 spiro atoms. The van der Waals surface area contributed by atoms with Crippen LogP contribution in [0.5, 0.6) is 0 Å².